The number of aliphatic hydroxyl groups excluding tert-OH is 18. The second-order valence-corrected chi connectivity index (χ2v) is 18.3. The summed E-state index contributed by atoms with van der Waals surface area (Å²) in [5.41, 5.74) is 0. The second kappa shape index (κ2) is 26.0. The Kier molecular flexibility index (Phi) is 21.3. The molecule has 0 radical (unpaired) electrons. The van der Waals surface area contributed by atoms with Crippen molar-refractivity contribution >= 4 is 11.8 Å². The van der Waals surface area contributed by atoms with E-state index >= 15 is 0 Å². The summed E-state index contributed by atoms with van der Waals surface area (Å²) in [6.07, 6.45) is -53.6. The van der Waals surface area contributed by atoms with Crippen LogP contribution in [0.5, 0.6) is 0 Å². The highest BCUT2D eigenvalue weighted by Gasteiger charge is 2.57. The average Bonchev–Trinajstić information content (AvgIpc) is 3.35. The SMILES string of the molecule is CC(=O)NC1C(O)OC(CO)C(OC2OC(COC3OC(CO)C(O)C(O)C3OC3OC(CO)C(OC4OC(CO)C(O)C(O)C4O)C(O)C3NC(C)=O)C(O)C(OC3OC(CO)C(O)C(O)C3O)C2O)C1O. The summed E-state index contributed by atoms with van der Waals surface area (Å²) in [6, 6.07) is -3.36. The third-order valence-electron chi connectivity index (χ3n) is 13.2. The van der Waals surface area contributed by atoms with Gasteiger partial charge in [0.1, 0.15) is 146 Å². The molecule has 6 fully saturated rings. The van der Waals surface area contributed by atoms with E-state index in [0.29, 0.717) is 0 Å². The zero-order valence-electron chi connectivity index (χ0n) is 38.9. The molecule has 0 aromatic carbocycles. The van der Waals surface area contributed by atoms with Crippen molar-refractivity contribution in [1.82, 2.24) is 10.6 Å². The third-order valence-corrected chi connectivity index (χ3v) is 13.2. The number of aliphatic hydroxyl groups is 18. The van der Waals surface area contributed by atoms with Crippen molar-refractivity contribution in [1.29, 1.82) is 0 Å². The molecule has 30 unspecified atom stereocenters. The molecule has 0 aromatic heterocycles. The predicted octanol–water partition coefficient (Wildman–Crippen LogP) is -13.8. The maximum absolute atomic E-state index is 12.5. The second-order valence-electron chi connectivity index (χ2n) is 18.3. The Labute approximate surface area is 413 Å². The van der Waals surface area contributed by atoms with Crippen molar-refractivity contribution in [2.45, 2.75) is 198 Å². The minimum atomic E-state index is -2.22. The number of amides is 2. The predicted molar refractivity (Wildman–Crippen MR) is 222 cm³/mol. The van der Waals surface area contributed by atoms with Gasteiger partial charge in [0.15, 0.2) is 37.7 Å². The van der Waals surface area contributed by atoms with Gasteiger partial charge in [-0.1, -0.05) is 0 Å². The summed E-state index contributed by atoms with van der Waals surface area (Å²) in [6.45, 7) is -3.67. The van der Waals surface area contributed by atoms with Gasteiger partial charge in [0.25, 0.3) is 0 Å². The van der Waals surface area contributed by atoms with Gasteiger partial charge in [0, 0.05) is 13.8 Å². The molecule has 6 aliphatic rings. The summed E-state index contributed by atoms with van der Waals surface area (Å²) in [5.74, 6) is -1.59. The Bertz CT molecular complexity index is 1750. The minimum Gasteiger partial charge on any atom is -0.394 e. The van der Waals surface area contributed by atoms with Crippen LogP contribution < -0.4 is 10.6 Å². The van der Waals surface area contributed by atoms with E-state index in [1.54, 1.807) is 0 Å². The molecule has 0 aliphatic carbocycles. The van der Waals surface area contributed by atoms with Crippen molar-refractivity contribution in [3.63, 3.8) is 0 Å². The number of ether oxygens (including phenoxy) is 11. The highest BCUT2D eigenvalue weighted by Crippen LogP contribution is 2.36. The summed E-state index contributed by atoms with van der Waals surface area (Å²) >= 11 is 0. The van der Waals surface area contributed by atoms with Gasteiger partial charge in [-0.15, -0.1) is 0 Å². The Hall–Kier alpha value is -2.22. The Balaban J connectivity index is 1.27. The zero-order chi connectivity index (χ0) is 53.9. The van der Waals surface area contributed by atoms with E-state index in [1.165, 1.54) is 0 Å². The van der Waals surface area contributed by atoms with E-state index in [2.05, 4.69) is 10.6 Å². The van der Waals surface area contributed by atoms with Crippen molar-refractivity contribution in [3.05, 3.63) is 0 Å². The molecule has 6 aliphatic heterocycles. The lowest BCUT2D eigenvalue weighted by molar-refractivity contribution is -0.386. The van der Waals surface area contributed by atoms with Crippen LogP contribution in [0.3, 0.4) is 0 Å². The van der Waals surface area contributed by atoms with E-state index in [1.807, 2.05) is 0 Å². The fourth-order valence-corrected chi connectivity index (χ4v) is 9.20. The normalized spacial score (nSPS) is 49.8. The first kappa shape index (κ1) is 60.0. The third kappa shape index (κ3) is 13.0. The molecule has 20 N–H and O–H groups in total. The topological polar surface area (TPSA) is 524 Å². The van der Waals surface area contributed by atoms with Crippen LogP contribution in [-0.2, 0) is 61.7 Å². The number of nitrogens with one attached hydrogen (secondary N) is 2. The lowest BCUT2D eigenvalue weighted by Crippen LogP contribution is -2.69. The van der Waals surface area contributed by atoms with Gasteiger partial charge in [0.2, 0.25) is 11.8 Å². The average molecular weight is 1070 g/mol. The molecule has 6 saturated heterocycles. The molecular weight excluding hydrogens is 1000 g/mol. The van der Waals surface area contributed by atoms with Crippen molar-refractivity contribution in [3.8, 4) is 0 Å². The Morgan fingerprint density at radius 1 is 0.356 bits per heavy atom. The number of carbonyl (C=O) groups is 2. The van der Waals surface area contributed by atoms with Crippen molar-refractivity contribution in [2.24, 2.45) is 0 Å². The maximum atomic E-state index is 12.5. The molecule has 0 saturated carbocycles. The van der Waals surface area contributed by atoms with Crippen LogP contribution >= 0.6 is 0 Å². The van der Waals surface area contributed by atoms with E-state index < -0.39 is 236 Å². The molecule has 30 atom stereocenters. The van der Waals surface area contributed by atoms with Gasteiger partial charge in [0.05, 0.1) is 39.6 Å². The van der Waals surface area contributed by atoms with Gasteiger partial charge in [-0.25, -0.2) is 0 Å². The van der Waals surface area contributed by atoms with Gasteiger partial charge in [-0.3, -0.25) is 9.59 Å². The van der Waals surface area contributed by atoms with Crippen LogP contribution in [0.2, 0.25) is 0 Å². The van der Waals surface area contributed by atoms with E-state index in [4.69, 9.17) is 52.1 Å². The standard InChI is InChI=1S/C40H68N2O31/c1-9(48)41-17-23(54)31(14(6-46)64-35(17)62)71-39-30(61)33(72-38-29(60)26(57)20(51)12(4-44)66-38)22(53)16(69-39)8-63-40-34(27(58)21(52)13(5-45)67-40)73-36-18(42-10(2)49)24(55)32(15(7-47)68-36)70-37-28(59)25(56)19(50)11(3-43)65-37/h11-40,43-47,50-62H,3-8H2,1-2H3,(H,41,48)(H,42,49). The fraction of sp³-hybridized carbons (Fsp3) is 0.950. The van der Waals surface area contributed by atoms with Gasteiger partial charge in [-0.05, 0) is 0 Å². The first-order chi connectivity index (χ1) is 34.5. The number of hydrogen-bond donors (Lipinski definition) is 20. The first-order valence-corrected chi connectivity index (χ1v) is 23.1. The van der Waals surface area contributed by atoms with Crippen LogP contribution in [0.15, 0.2) is 0 Å². The van der Waals surface area contributed by atoms with E-state index in [9.17, 15) is 102 Å². The molecular formula is C40H68N2O31. The molecule has 2 amide bonds. The van der Waals surface area contributed by atoms with Gasteiger partial charge in [-0.2, -0.15) is 0 Å². The molecule has 0 aromatic rings. The maximum Gasteiger partial charge on any atom is 0.217 e. The molecule has 6 heterocycles. The molecule has 424 valence electrons. The van der Waals surface area contributed by atoms with Gasteiger partial charge < -0.3 is 155 Å². The number of rotatable bonds is 18. The van der Waals surface area contributed by atoms with Crippen molar-refractivity contribution in [2.75, 3.05) is 39.6 Å². The largest absolute Gasteiger partial charge is 0.394 e. The van der Waals surface area contributed by atoms with E-state index in [-0.39, 0.29) is 0 Å². The smallest absolute Gasteiger partial charge is 0.217 e. The highest BCUT2D eigenvalue weighted by molar-refractivity contribution is 5.73. The lowest BCUT2D eigenvalue weighted by Gasteiger charge is -2.50. The van der Waals surface area contributed by atoms with Gasteiger partial charge >= 0.3 is 0 Å². The fourth-order valence-electron chi connectivity index (χ4n) is 9.20. The molecule has 0 bridgehead atoms. The molecule has 6 rings (SSSR count). The quantitative estimate of drug-likeness (QED) is 0.0606. The Morgan fingerprint density at radius 2 is 0.726 bits per heavy atom. The molecule has 33 heteroatoms. The zero-order valence-corrected chi connectivity index (χ0v) is 38.9. The minimum absolute atomic E-state index is 0.751. The molecule has 73 heavy (non-hydrogen) atoms. The first-order valence-electron chi connectivity index (χ1n) is 23.1. The van der Waals surface area contributed by atoms with Crippen LogP contribution in [-0.4, -0.2) is 327 Å². The summed E-state index contributed by atoms with van der Waals surface area (Å²) in [5, 5.41) is 197. The number of carbonyl (C=O) groups excluding carboxylic acids is 2. The summed E-state index contributed by atoms with van der Waals surface area (Å²) < 4.78 is 62.9. The van der Waals surface area contributed by atoms with E-state index in [0.717, 1.165) is 13.8 Å². The monoisotopic (exact) mass is 1070 g/mol. The highest BCUT2D eigenvalue weighted by atomic mass is 16.8. The van der Waals surface area contributed by atoms with Crippen LogP contribution in [0.4, 0.5) is 0 Å². The van der Waals surface area contributed by atoms with Crippen LogP contribution in [0, 0.1) is 0 Å². The lowest BCUT2D eigenvalue weighted by atomic mass is 9.94. The van der Waals surface area contributed by atoms with Crippen LogP contribution in [0.25, 0.3) is 0 Å². The number of hydrogen-bond acceptors (Lipinski definition) is 31. The summed E-state index contributed by atoms with van der Waals surface area (Å²) in [7, 11) is 0. The molecule has 33 nitrogen and oxygen atoms in total. The molecule has 0 spiro atoms. The summed E-state index contributed by atoms with van der Waals surface area (Å²) in [4.78, 5) is 24.5. The van der Waals surface area contributed by atoms with Crippen molar-refractivity contribution < 1.29 is 154 Å². The Morgan fingerprint density at radius 3 is 1.21 bits per heavy atom. The van der Waals surface area contributed by atoms with Crippen LogP contribution in [0.1, 0.15) is 13.8 Å².